The summed E-state index contributed by atoms with van der Waals surface area (Å²) in [6.45, 7) is 3.94. The molecule has 1 aromatic rings. The van der Waals surface area contributed by atoms with E-state index in [0.717, 1.165) is 46.4 Å². The number of hydrogen-bond acceptors (Lipinski definition) is 5. The van der Waals surface area contributed by atoms with Crippen molar-refractivity contribution in [2.45, 2.75) is 38.8 Å². The normalized spacial score (nSPS) is 27.9. The average Bonchev–Trinajstić information content (AvgIpc) is 2.47. The van der Waals surface area contributed by atoms with Crippen LogP contribution in [0.5, 0.6) is 0 Å². The van der Waals surface area contributed by atoms with E-state index in [4.69, 9.17) is 22.9 Å². The second kappa shape index (κ2) is 4.58. The van der Waals surface area contributed by atoms with Gasteiger partial charge in [0.25, 0.3) is 0 Å². The fourth-order valence-corrected chi connectivity index (χ4v) is 3.61. The van der Waals surface area contributed by atoms with Gasteiger partial charge in [-0.05, 0) is 55.0 Å². The number of anilines is 2. The van der Waals surface area contributed by atoms with E-state index >= 15 is 0 Å². The first-order chi connectivity index (χ1) is 9.84. The van der Waals surface area contributed by atoms with E-state index < -0.39 is 6.04 Å². The lowest BCUT2D eigenvalue weighted by Crippen LogP contribution is -2.54. The first kappa shape index (κ1) is 14.1. The third-order valence-electron chi connectivity index (χ3n) is 5.17. The molecule has 0 aliphatic heterocycles. The van der Waals surface area contributed by atoms with Crippen molar-refractivity contribution in [2.75, 3.05) is 11.5 Å². The van der Waals surface area contributed by atoms with Crippen LogP contribution in [0.2, 0.25) is 0 Å². The van der Waals surface area contributed by atoms with Gasteiger partial charge >= 0.3 is 0 Å². The molecule has 0 saturated heterocycles. The molecule has 0 saturated carbocycles. The van der Waals surface area contributed by atoms with Crippen LogP contribution in [-0.2, 0) is 11.2 Å². The highest BCUT2D eigenvalue weighted by Crippen LogP contribution is 2.46. The fraction of sp³-hybridized carbons (Fsp3) is 0.438. The number of hydrogen-bond donors (Lipinski definition) is 4. The Hall–Kier alpha value is -1.85. The molecule has 5 heteroatoms. The Morgan fingerprint density at radius 3 is 2.38 bits per heavy atom. The molecule has 0 radical (unpaired) electrons. The number of nitrogens with two attached hydrogens (primary N) is 4. The summed E-state index contributed by atoms with van der Waals surface area (Å²) in [4.78, 5) is 12.1. The minimum atomic E-state index is -0.620. The minimum Gasteiger partial charge on any atom is -0.398 e. The Labute approximate surface area is 124 Å². The van der Waals surface area contributed by atoms with Crippen molar-refractivity contribution in [3.05, 3.63) is 28.3 Å². The first-order valence-corrected chi connectivity index (χ1v) is 7.28. The predicted molar refractivity (Wildman–Crippen MR) is 85.5 cm³/mol. The number of rotatable bonds is 0. The summed E-state index contributed by atoms with van der Waals surface area (Å²) in [6, 6.07) is -0.974. The zero-order valence-corrected chi connectivity index (χ0v) is 12.4. The number of fused-ring (bicyclic) bond motifs is 3. The van der Waals surface area contributed by atoms with Gasteiger partial charge < -0.3 is 22.9 Å². The van der Waals surface area contributed by atoms with E-state index in [1.54, 1.807) is 6.08 Å². The van der Waals surface area contributed by atoms with E-state index in [-0.39, 0.29) is 17.7 Å². The van der Waals surface area contributed by atoms with Gasteiger partial charge in [0, 0.05) is 28.9 Å². The quantitative estimate of drug-likeness (QED) is 0.522. The minimum absolute atomic E-state index is 0.0778. The Bertz CT molecular complexity index is 678. The predicted octanol–water partition coefficient (Wildman–Crippen LogP) is 0.651. The van der Waals surface area contributed by atoms with Crippen LogP contribution in [0.1, 0.15) is 28.7 Å². The molecule has 0 aromatic heterocycles. The molecular formula is C16H22N4O. The van der Waals surface area contributed by atoms with Crippen molar-refractivity contribution in [1.82, 2.24) is 0 Å². The third kappa shape index (κ3) is 1.81. The van der Waals surface area contributed by atoms with Crippen LogP contribution in [-0.4, -0.2) is 17.9 Å². The molecule has 112 valence electrons. The highest BCUT2D eigenvalue weighted by molar-refractivity contribution is 6.05. The van der Waals surface area contributed by atoms with Gasteiger partial charge in [-0.3, -0.25) is 4.79 Å². The van der Waals surface area contributed by atoms with Crippen LogP contribution in [0, 0.1) is 19.8 Å². The van der Waals surface area contributed by atoms with Crippen LogP contribution >= 0.6 is 0 Å². The van der Waals surface area contributed by atoms with E-state index in [2.05, 4.69) is 0 Å². The van der Waals surface area contributed by atoms with Gasteiger partial charge in [-0.15, -0.1) is 0 Å². The molecule has 0 spiro atoms. The molecule has 1 aromatic carbocycles. The van der Waals surface area contributed by atoms with Crippen LogP contribution < -0.4 is 22.9 Å². The number of carbonyl (C=O) groups is 1. The van der Waals surface area contributed by atoms with Crippen molar-refractivity contribution < 1.29 is 4.79 Å². The molecule has 3 rings (SSSR count). The summed E-state index contributed by atoms with van der Waals surface area (Å²) in [7, 11) is 0. The van der Waals surface area contributed by atoms with Crippen molar-refractivity contribution in [3.8, 4) is 0 Å². The van der Waals surface area contributed by atoms with Gasteiger partial charge in [-0.2, -0.15) is 0 Å². The molecule has 3 unspecified atom stereocenters. The maximum Gasteiger partial charge on any atom is 0.174 e. The van der Waals surface area contributed by atoms with Crippen LogP contribution in [0.25, 0.3) is 5.57 Å². The lowest BCUT2D eigenvalue weighted by molar-refractivity contribution is -0.116. The lowest BCUT2D eigenvalue weighted by Gasteiger charge is -2.39. The molecule has 0 bridgehead atoms. The summed E-state index contributed by atoms with van der Waals surface area (Å²) < 4.78 is 0. The van der Waals surface area contributed by atoms with E-state index in [1.165, 1.54) is 0 Å². The van der Waals surface area contributed by atoms with Crippen LogP contribution in [0.15, 0.2) is 6.08 Å². The summed E-state index contributed by atoms with van der Waals surface area (Å²) in [6.07, 6.45) is 3.30. The number of carbonyl (C=O) groups excluding carboxylic acids is 1. The first-order valence-electron chi connectivity index (χ1n) is 7.28. The Morgan fingerprint density at radius 1 is 1.10 bits per heavy atom. The summed E-state index contributed by atoms with van der Waals surface area (Å²) in [5.41, 5.74) is 31.0. The van der Waals surface area contributed by atoms with Gasteiger partial charge in [-0.1, -0.05) is 0 Å². The van der Waals surface area contributed by atoms with E-state index in [9.17, 15) is 4.79 Å². The molecule has 0 fully saturated rings. The maximum atomic E-state index is 12.1. The van der Waals surface area contributed by atoms with Gasteiger partial charge in [0.05, 0.1) is 6.04 Å². The summed E-state index contributed by atoms with van der Waals surface area (Å²) in [5, 5.41) is 0. The zero-order valence-electron chi connectivity index (χ0n) is 12.4. The van der Waals surface area contributed by atoms with Crippen molar-refractivity contribution in [1.29, 1.82) is 0 Å². The molecule has 2 aliphatic carbocycles. The number of benzene rings is 1. The van der Waals surface area contributed by atoms with Crippen LogP contribution in [0.4, 0.5) is 11.4 Å². The average molecular weight is 286 g/mol. The van der Waals surface area contributed by atoms with Gasteiger partial charge in [0.1, 0.15) is 0 Å². The monoisotopic (exact) mass is 286 g/mol. The summed E-state index contributed by atoms with van der Waals surface area (Å²) in [5.74, 6) is -0.0493. The fourth-order valence-electron chi connectivity index (χ4n) is 3.61. The molecule has 5 nitrogen and oxygen atoms in total. The van der Waals surface area contributed by atoms with Gasteiger partial charge in [0.15, 0.2) is 5.78 Å². The SMILES string of the molecule is Cc1c(C)c(N)c2c(c1N)CCC1C2=CC(=O)C(N)C1N. The highest BCUT2D eigenvalue weighted by atomic mass is 16.1. The zero-order chi connectivity index (χ0) is 15.5. The molecule has 8 N–H and O–H groups in total. The molecule has 0 heterocycles. The van der Waals surface area contributed by atoms with E-state index in [1.807, 2.05) is 13.8 Å². The largest absolute Gasteiger partial charge is 0.398 e. The van der Waals surface area contributed by atoms with Crippen LogP contribution in [0.3, 0.4) is 0 Å². The summed E-state index contributed by atoms with van der Waals surface area (Å²) >= 11 is 0. The second-order valence-corrected chi connectivity index (χ2v) is 6.18. The molecular weight excluding hydrogens is 264 g/mol. The molecule has 0 amide bonds. The number of ketones is 1. The molecule has 3 atom stereocenters. The van der Waals surface area contributed by atoms with Crippen molar-refractivity contribution in [2.24, 2.45) is 17.4 Å². The smallest absolute Gasteiger partial charge is 0.174 e. The molecule has 2 aliphatic rings. The Morgan fingerprint density at radius 2 is 1.71 bits per heavy atom. The number of nitrogen functional groups attached to an aromatic ring is 2. The Balaban J connectivity index is 2.29. The van der Waals surface area contributed by atoms with Crippen molar-refractivity contribution in [3.63, 3.8) is 0 Å². The third-order valence-corrected chi connectivity index (χ3v) is 5.17. The standard InChI is InChI=1S/C16H22N4O/c1-6-7(2)14(18)12-9(13(6)17)4-3-8-10(12)5-11(21)16(20)15(8)19/h5,8,15-16H,3-4,17-20H2,1-2H3. The second-order valence-electron chi connectivity index (χ2n) is 6.18. The van der Waals surface area contributed by atoms with Gasteiger partial charge in [-0.25, -0.2) is 0 Å². The Kier molecular flexibility index (Phi) is 3.07. The van der Waals surface area contributed by atoms with E-state index in [0.29, 0.717) is 5.69 Å². The maximum absolute atomic E-state index is 12.1. The van der Waals surface area contributed by atoms with Crippen molar-refractivity contribution >= 4 is 22.7 Å². The molecule has 21 heavy (non-hydrogen) atoms. The highest BCUT2D eigenvalue weighted by Gasteiger charge is 2.39. The topological polar surface area (TPSA) is 121 Å². The lowest BCUT2D eigenvalue weighted by atomic mass is 9.69. The van der Waals surface area contributed by atoms with Gasteiger partial charge in [0.2, 0.25) is 0 Å².